The lowest BCUT2D eigenvalue weighted by atomic mass is 10.1. The minimum absolute atomic E-state index is 0.117. The minimum atomic E-state index is -4.20. The highest BCUT2D eigenvalue weighted by molar-refractivity contribution is 7.92. The summed E-state index contributed by atoms with van der Waals surface area (Å²) in [6, 6.07) is 9.36. The average Bonchev–Trinajstić information content (AvgIpc) is 3.35. The molecule has 0 fully saturated rings. The number of fused-ring (bicyclic) bond motifs is 1. The van der Waals surface area contributed by atoms with Gasteiger partial charge in [-0.1, -0.05) is 23.2 Å². The molecule has 1 aliphatic heterocycles. The van der Waals surface area contributed by atoms with Gasteiger partial charge in [-0.15, -0.1) is 0 Å². The summed E-state index contributed by atoms with van der Waals surface area (Å²) in [5, 5.41) is 0.348. The summed E-state index contributed by atoms with van der Waals surface area (Å²) in [6.45, 7) is 5.37. The number of nitrogens with zero attached hydrogens (tertiary/aromatic N) is 4. The average molecular weight is 537 g/mol. The third-order valence-electron chi connectivity index (χ3n) is 5.40. The van der Waals surface area contributed by atoms with Gasteiger partial charge in [-0.2, -0.15) is 0 Å². The molecule has 0 atom stereocenters. The van der Waals surface area contributed by atoms with Gasteiger partial charge in [-0.05, 0) is 69.2 Å². The van der Waals surface area contributed by atoms with Crippen LogP contribution >= 0.6 is 23.2 Å². The molecule has 35 heavy (non-hydrogen) atoms. The topological polar surface area (TPSA) is 84.7 Å². The number of anilines is 3. The van der Waals surface area contributed by atoms with Crippen molar-refractivity contribution in [3.05, 3.63) is 64.4 Å². The SMILES string of the molecule is Cn1ccnc1N1CCc2cc(N(CC(=O)OC(C)(C)C)S(=O)(=O)c3cc(Cl)cc(Cl)c3)ccc21. The molecule has 2 aromatic carbocycles. The number of carbonyl (C=O) groups excluding carboxylic acids is 1. The van der Waals surface area contributed by atoms with E-state index in [1.807, 2.05) is 23.9 Å². The first-order valence-electron chi connectivity index (χ1n) is 10.9. The number of rotatable bonds is 6. The summed E-state index contributed by atoms with van der Waals surface area (Å²) in [5.74, 6) is 0.118. The third kappa shape index (κ3) is 5.42. The van der Waals surface area contributed by atoms with Crippen molar-refractivity contribution in [3.63, 3.8) is 0 Å². The van der Waals surface area contributed by atoms with Crippen molar-refractivity contribution < 1.29 is 17.9 Å². The Bertz CT molecular complexity index is 1360. The fourth-order valence-corrected chi connectivity index (χ4v) is 6.11. The molecule has 0 bridgehead atoms. The van der Waals surface area contributed by atoms with Gasteiger partial charge in [0.1, 0.15) is 12.1 Å². The molecule has 0 aliphatic carbocycles. The van der Waals surface area contributed by atoms with Crippen LogP contribution in [0, 0.1) is 0 Å². The monoisotopic (exact) mass is 536 g/mol. The van der Waals surface area contributed by atoms with Crippen LogP contribution < -0.4 is 9.21 Å². The maximum atomic E-state index is 13.7. The highest BCUT2D eigenvalue weighted by atomic mass is 35.5. The molecule has 0 amide bonds. The zero-order valence-electron chi connectivity index (χ0n) is 19.8. The van der Waals surface area contributed by atoms with Crippen molar-refractivity contribution in [1.82, 2.24) is 9.55 Å². The summed E-state index contributed by atoms with van der Waals surface area (Å²) in [5.41, 5.74) is 1.45. The van der Waals surface area contributed by atoms with Crippen molar-refractivity contribution in [3.8, 4) is 0 Å². The predicted octanol–water partition coefficient (Wildman–Crippen LogP) is 4.96. The van der Waals surface area contributed by atoms with Crippen LogP contribution in [0.5, 0.6) is 0 Å². The van der Waals surface area contributed by atoms with Gasteiger partial charge in [-0.3, -0.25) is 9.10 Å². The van der Waals surface area contributed by atoms with E-state index < -0.39 is 28.1 Å². The van der Waals surface area contributed by atoms with Crippen LogP contribution in [-0.4, -0.2) is 42.6 Å². The van der Waals surface area contributed by atoms with Gasteiger partial charge in [0.05, 0.1) is 10.6 Å². The Hall–Kier alpha value is -2.75. The first kappa shape index (κ1) is 25.3. The number of benzene rings is 2. The van der Waals surface area contributed by atoms with Crippen LogP contribution in [0.25, 0.3) is 0 Å². The Labute approximate surface area is 215 Å². The van der Waals surface area contributed by atoms with Gasteiger partial charge in [0, 0.05) is 41.7 Å². The molecule has 8 nitrogen and oxygen atoms in total. The first-order chi connectivity index (χ1) is 16.3. The van der Waals surface area contributed by atoms with E-state index in [0.29, 0.717) is 18.7 Å². The van der Waals surface area contributed by atoms with Gasteiger partial charge in [0.25, 0.3) is 10.0 Å². The molecule has 1 aliphatic rings. The summed E-state index contributed by atoms with van der Waals surface area (Å²) in [4.78, 5) is 19.1. The molecule has 4 rings (SSSR count). The maximum absolute atomic E-state index is 13.7. The van der Waals surface area contributed by atoms with E-state index in [-0.39, 0.29) is 14.9 Å². The molecule has 3 aromatic rings. The number of aryl methyl sites for hydroxylation is 1. The second kappa shape index (κ2) is 9.37. The molecule has 0 radical (unpaired) electrons. The number of imidazole rings is 1. The Morgan fingerprint density at radius 2 is 1.83 bits per heavy atom. The Balaban J connectivity index is 1.75. The lowest BCUT2D eigenvalue weighted by Crippen LogP contribution is -2.39. The number of hydrogen-bond acceptors (Lipinski definition) is 6. The molecule has 0 saturated carbocycles. The van der Waals surface area contributed by atoms with Gasteiger partial charge in [0.15, 0.2) is 0 Å². The standard InChI is InChI=1S/C24H26Cl2N4O4S/c1-24(2,3)34-22(31)15-30(35(32,33)20-13-17(25)12-18(26)14-20)19-5-6-21-16(11-19)7-9-29(21)23-27-8-10-28(23)4/h5-6,8,10-14H,7,9,15H2,1-4H3. The van der Waals surface area contributed by atoms with Gasteiger partial charge >= 0.3 is 5.97 Å². The van der Waals surface area contributed by atoms with E-state index in [4.69, 9.17) is 27.9 Å². The molecule has 186 valence electrons. The van der Waals surface area contributed by atoms with Crippen LogP contribution in [-0.2, 0) is 33.0 Å². The van der Waals surface area contributed by atoms with Crippen LogP contribution in [0.1, 0.15) is 26.3 Å². The van der Waals surface area contributed by atoms with Gasteiger partial charge in [-0.25, -0.2) is 13.4 Å². The first-order valence-corrected chi connectivity index (χ1v) is 13.1. The van der Waals surface area contributed by atoms with E-state index in [1.165, 1.54) is 18.2 Å². The molecular weight excluding hydrogens is 511 g/mol. The van der Waals surface area contributed by atoms with Crippen LogP contribution in [0.15, 0.2) is 53.7 Å². The summed E-state index contributed by atoms with van der Waals surface area (Å²) >= 11 is 12.2. The van der Waals surface area contributed by atoms with Crippen molar-refractivity contribution in [2.75, 3.05) is 22.3 Å². The molecule has 0 unspecified atom stereocenters. The van der Waals surface area contributed by atoms with Gasteiger partial charge < -0.3 is 14.2 Å². The van der Waals surface area contributed by atoms with Crippen LogP contribution in [0.4, 0.5) is 17.3 Å². The Kier molecular flexibility index (Phi) is 6.78. The molecule has 0 N–H and O–H groups in total. The summed E-state index contributed by atoms with van der Waals surface area (Å²) in [6.07, 6.45) is 4.29. The van der Waals surface area contributed by atoms with Crippen molar-refractivity contribution >= 4 is 56.5 Å². The highest BCUT2D eigenvalue weighted by Crippen LogP contribution is 2.37. The zero-order chi connectivity index (χ0) is 25.5. The second-order valence-corrected chi connectivity index (χ2v) is 12.0. The third-order valence-corrected chi connectivity index (χ3v) is 7.59. The molecule has 0 spiro atoms. The number of aromatic nitrogens is 2. The molecule has 0 saturated heterocycles. The van der Waals surface area contributed by atoms with Gasteiger partial charge in [0.2, 0.25) is 5.95 Å². The summed E-state index contributed by atoms with van der Waals surface area (Å²) in [7, 11) is -2.28. The fraction of sp³-hybridized carbons (Fsp3) is 0.333. The van der Waals surface area contributed by atoms with Crippen molar-refractivity contribution in [2.24, 2.45) is 7.05 Å². The van der Waals surface area contributed by atoms with E-state index in [1.54, 1.807) is 39.1 Å². The quantitative estimate of drug-likeness (QED) is 0.414. The van der Waals surface area contributed by atoms with E-state index in [2.05, 4.69) is 9.88 Å². The zero-order valence-corrected chi connectivity index (χ0v) is 22.2. The van der Waals surface area contributed by atoms with E-state index in [0.717, 1.165) is 21.5 Å². The van der Waals surface area contributed by atoms with Crippen molar-refractivity contribution in [1.29, 1.82) is 0 Å². The number of hydrogen-bond donors (Lipinski definition) is 0. The van der Waals surface area contributed by atoms with E-state index in [9.17, 15) is 13.2 Å². The smallest absolute Gasteiger partial charge is 0.327 e. The maximum Gasteiger partial charge on any atom is 0.327 e. The molecule has 1 aromatic heterocycles. The van der Waals surface area contributed by atoms with E-state index >= 15 is 0 Å². The molecular formula is C24H26Cl2N4O4S. The second-order valence-electron chi connectivity index (χ2n) is 9.26. The number of sulfonamides is 1. The predicted molar refractivity (Wildman–Crippen MR) is 137 cm³/mol. The normalized spacial score (nSPS) is 13.6. The molecule has 2 heterocycles. The minimum Gasteiger partial charge on any atom is -0.459 e. The number of ether oxygens (including phenoxy) is 1. The molecule has 11 heteroatoms. The lowest BCUT2D eigenvalue weighted by Gasteiger charge is -2.27. The van der Waals surface area contributed by atoms with Crippen LogP contribution in [0.3, 0.4) is 0 Å². The number of carbonyl (C=O) groups is 1. The van der Waals surface area contributed by atoms with Crippen molar-refractivity contribution in [2.45, 2.75) is 37.7 Å². The number of esters is 1. The Morgan fingerprint density at radius 1 is 1.14 bits per heavy atom. The highest BCUT2D eigenvalue weighted by Gasteiger charge is 2.32. The van der Waals surface area contributed by atoms with Crippen LogP contribution in [0.2, 0.25) is 10.0 Å². The Morgan fingerprint density at radius 3 is 2.43 bits per heavy atom. The number of halogens is 2. The summed E-state index contributed by atoms with van der Waals surface area (Å²) < 4.78 is 35.8. The largest absolute Gasteiger partial charge is 0.459 e. The lowest BCUT2D eigenvalue weighted by molar-refractivity contribution is -0.152. The fourth-order valence-electron chi connectivity index (χ4n) is 3.98.